The Morgan fingerprint density at radius 2 is 1.83 bits per heavy atom. The summed E-state index contributed by atoms with van der Waals surface area (Å²) in [6.07, 6.45) is 0. The lowest BCUT2D eigenvalue weighted by Crippen LogP contribution is -2.35. The van der Waals surface area contributed by atoms with Crippen LogP contribution in [0.25, 0.3) is 0 Å². The number of para-hydroxylation sites is 2. The number of nitrogens with one attached hydrogen (secondary N) is 2. The van der Waals surface area contributed by atoms with Gasteiger partial charge in [0.05, 0.1) is 25.9 Å². The van der Waals surface area contributed by atoms with Gasteiger partial charge in [-0.25, -0.2) is 13.2 Å². The Balaban J connectivity index is 2.28. The van der Waals surface area contributed by atoms with Gasteiger partial charge in [-0.1, -0.05) is 12.1 Å². The second kappa shape index (κ2) is 9.10. The van der Waals surface area contributed by atoms with Gasteiger partial charge in [-0.05, 0) is 32.9 Å². The zero-order valence-corrected chi connectivity index (χ0v) is 17.8. The van der Waals surface area contributed by atoms with Crippen molar-refractivity contribution >= 4 is 27.6 Å². The van der Waals surface area contributed by atoms with Crippen molar-refractivity contribution < 1.29 is 27.5 Å². The third-order valence-corrected chi connectivity index (χ3v) is 6.19. The molecule has 2 aromatic rings. The third kappa shape index (κ3) is 4.77. The Morgan fingerprint density at radius 3 is 2.45 bits per heavy atom. The van der Waals surface area contributed by atoms with E-state index in [4.69, 9.17) is 9.47 Å². The molecule has 0 saturated carbocycles. The van der Waals surface area contributed by atoms with Gasteiger partial charge in [0.25, 0.3) is 0 Å². The summed E-state index contributed by atoms with van der Waals surface area (Å²) < 4.78 is 37.2. The quantitative estimate of drug-likeness (QED) is 0.628. The van der Waals surface area contributed by atoms with Gasteiger partial charge in [-0.2, -0.15) is 4.31 Å². The summed E-state index contributed by atoms with van der Waals surface area (Å²) in [4.78, 5) is 27.4. The first-order valence-electron chi connectivity index (χ1n) is 8.88. The van der Waals surface area contributed by atoms with Crippen LogP contribution in [0.2, 0.25) is 0 Å². The molecule has 2 rings (SSSR count). The number of esters is 1. The van der Waals surface area contributed by atoms with Gasteiger partial charge in [-0.3, -0.25) is 4.79 Å². The van der Waals surface area contributed by atoms with E-state index < -0.39 is 28.4 Å². The zero-order valence-electron chi connectivity index (χ0n) is 17.0. The van der Waals surface area contributed by atoms with E-state index in [-0.39, 0.29) is 17.1 Å². The number of aromatic amines is 1. The highest BCUT2D eigenvalue weighted by molar-refractivity contribution is 7.89. The number of likely N-dealkylation sites (N-methyl/N-ethyl adjacent to an activating group) is 1. The lowest BCUT2D eigenvalue weighted by Gasteiger charge is -2.18. The highest BCUT2D eigenvalue weighted by Gasteiger charge is 2.33. The molecule has 0 radical (unpaired) electrons. The number of ether oxygens (including phenoxy) is 2. The van der Waals surface area contributed by atoms with Gasteiger partial charge >= 0.3 is 5.97 Å². The number of sulfonamides is 1. The van der Waals surface area contributed by atoms with E-state index in [2.05, 4.69) is 10.3 Å². The normalized spacial score (nSPS) is 11.4. The number of hydrogen-bond donors (Lipinski definition) is 2. The fraction of sp³-hybridized carbons (Fsp3) is 0.368. The number of aryl methyl sites for hydroxylation is 2. The standard InChI is InChI=1S/C19H25N3O6S/c1-6-28-19(24)17-12(2)20-13(3)18(17)29(25,26)22(4)11-16(23)21-14-9-7-8-10-15(14)27-5/h7-10,20H,6,11H2,1-5H3,(H,21,23). The monoisotopic (exact) mass is 423 g/mol. The van der Waals surface area contributed by atoms with Crippen molar-refractivity contribution in [1.82, 2.24) is 9.29 Å². The molecule has 1 heterocycles. The van der Waals surface area contributed by atoms with Crippen molar-refractivity contribution in [2.75, 3.05) is 32.6 Å². The van der Waals surface area contributed by atoms with Crippen molar-refractivity contribution in [3.05, 3.63) is 41.2 Å². The molecule has 158 valence electrons. The molecule has 29 heavy (non-hydrogen) atoms. The molecule has 0 aliphatic heterocycles. The average molecular weight is 423 g/mol. The van der Waals surface area contributed by atoms with Gasteiger partial charge < -0.3 is 19.8 Å². The number of methoxy groups -OCH3 is 1. The van der Waals surface area contributed by atoms with E-state index in [0.29, 0.717) is 22.8 Å². The number of hydrogen-bond acceptors (Lipinski definition) is 6. The number of rotatable bonds is 8. The van der Waals surface area contributed by atoms with Crippen LogP contribution < -0.4 is 10.1 Å². The van der Waals surface area contributed by atoms with Crippen LogP contribution in [0.15, 0.2) is 29.2 Å². The largest absolute Gasteiger partial charge is 0.495 e. The van der Waals surface area contributed by atoms with E-state index in [9.17, 15) is 18.0 Å². The molecule has 9 nitrogen and oxygen atoms in total. The maximum Gasteiger partial charge on any atom is 0.341 e. The van der Waals surface area contributed by atoms with Crippen molar-refractivity contribution in [3.8, 4) is 5.75 Å². The summed E-state index contributed by atoms with van der Waals surface area (Å²) in [6, 6.07) is 6.78. The van der Waals surface area contributed by atoms with Crippen LogP contribution in [-0.4, -0.2) is 56.9 Å². The molecule has 0 aliphatic rings. The topological polar surface area (TPSA) is 118 Å². The second-order valence-electron chi connectivity index (χ2n) is 6.31. The fourth-order valence-corrected chi connectivity index (χ4v) is 4.44. The molecule has 0 bridgehead atoms. The Morgan fingerprint density at radius 1 is 1.17 bits per heavy atom. The smallest absolute Gasteiger partial charge is 0.341 e. The number of anilines is 1. The lowest BCUT2D eigenvalue weighted by molar-refractivity contribution is -0.116. The fourth-order valence-electron chi connectivity index (χ4n) is 2.91. The van der Waals surface area contributed by atoms with Crippen LogP contribution in [0.3, 0.4) is 0 Å². The molecule has 1 aromatic carbocycles. The van der Waals surface area contributed by atoms with Crippen LogP contribution >= 0.6 is 0 Å². The summed E-state index contributed by atoms with van der Waals surface area (Å²) in [5, 5.41) is 2.62. The molecule has 0 unspecified atom stereocenters. The highest BCUT2D eigenvalue weighted by Crippen LogP contribution is 2.27. The van der Waals surface area contributed by atoms with Crippen LogP contribution in [0.5, 0.6) is 5.75 Å². The highest BCUT2D eigenvalue weighted by atomic mass is 32.2. The van der Waals surface area contributed by atoms with E-state index in [1.807, 2.05) is 0 Å². The molecular weight excluding hydrogens is 398 g/mol. The van der Waals surface area contributed by atoms with Gasteiger partial charge in [-0.15, -0.1) is 0 Å². The Hall–Kier alpha value is -2.85. The second-order valence-corrected chi connectivity index (χ2v) is 8.29. The average Bonchev–Trinajstić information content (AvgIpc) is 2.96. The van der Waals surface area contributed by atoms with E-state index in [0.717, 1.165) is 4.31 Å². The van der Waals surface area contributed by atoms with Gasteiger partial charge in [0.2, 0.25) is 15.9 Å². The maximum atomic E-state index is 13.1. The minimum Gasteiger partial charge on any atom is -0.495 e. The van der Waals surface area contributed by atoms with Crippen molar-refractivity contribution in [1.29, 1.82) is 0 Å². The van der Waals surface area contributed by atoms with Crippen molar-refractivity contribution in [3.63, 3.8) is 0 Å². The molecule has 2 N–H and O–H groups in total. The minimum absolute atomic E-state index is 0.0543. The first kappa shape index (κ1) is 22.4. The number of amides is 1. The number of nitrogens with zero attached hydrogens (tertiary/aromatic N) is 1. The van der Waals surface area contributed by atoms with Crippen molar-refractivity contribution in [2.45, 2.75) is 25.7 Å². The third-order valence-electron chi connectivity index (χ3n) is 4.21. The summed E-state index contributed by atoms with van der Waals surface area (Å²) in [5.74, 6) is -0.837. The van der Waals surface area contributed by atoms with E-state index in [1.54, 1.807) is 45.0 Å². The Kier molecular flexibility index (Phi) is 7.04. The van der Waals surface area contributed by atoms with Gasteiger partial charge in [0.1, 0.15) is 16.2 Å². The number of carbonyl (C=O) groups is 2. The van der Waals surface area contributed by atoms with E-state index in [1.165, 1.54) is 14.2 Å². The predicted octanol–water partition coefficient (Wildman–Crippen LogP) is 2.08. The first-order valence-corrected chi connectivity index (χ1v) is 10.3. The number of carbonyl (C=O) groups excluding carboxylic acids is 2. The number of benzene rings is 1. The molecule has 10 heteroatoms. The van der Waals surface area contributed by atoms with Gasteiger partial charge in [0, 0.05) is 18.4 Å². The van der Waals surface area contributed by atoms with E-state index >= 15 is 0 Å². The molecule has 0 saturated heterocycles. The summed E-state index contributed by atoms with van der Waals surface area (Å²) in [5.41, 5.74) is 1.04. The number of H-pyrrole nitrogens is 1. The first-order chi connectivity index (χ1) is 13.6. The van der Waals surface area contributed by atoms with Crippen molar-refractivity contribution in [2.24, 2.45) is 0 Å². The lowest BCUT2D eigenvalue weighted by atomic mass is 10.2. The Bertz CT molecular complexity index is 1010. The molecule has 1 amide bonds. The number of aromatic nitrogens is 1. The molecular formula is C19H25N3O6S. The summed E-state index contributed by atoms with van der Waals surface area (Å²) in [7, 11) is -1.40. The summed E-state index contributed by atoms with van der Waals surface area (Å²) in [6.45, 7) is 4.43. The minimum atomic E-state index is -4.14. The molecule has 0 spiro atoms. The van der Waals surface area contributed by atoms with Crippen LogP contribution in [0.4, 0.5) is 5.69 Å². The SMILES string of the molecule is CCOC(=O)c1c(C)[nH]c(C)c1S(=O)(=O)N(C)CC(=O)Nc1ccccc1OC. The Labute approximate surface area is 170 Å². The summed E-state index contributed by atoms with van der Waals surface area (Å²) >= 11 is 0. The van der Waals surface area contributed by atoms with Crippen LogP contribution in [0.1, 0.15) is 28.7 Å². The zero-order chi connectivity index (χ0) is 21.8. The molecule has 1 aromatic heterocycles. The molecule has 0 fully saturated rings. The maximum absolute atomic E-state index is 13.1. The predicted molar refractivity (Wildman–Crippen MR) is 108 cm³/mol. The van der Waals surface area contributed by atoms with Gasteiger partial charge in [0.15, 0.2) is 0 Å². The molecule has 0 aliphatic carbocycles. The molecule has 0 atom stereocenters. The van der Waals surface area contributed by atoms with Crippen LogP contribution in [0, 0.1) is 13.8 Å². The van der Waals surface area contributed by atoms with Crippen LogP contribution in [-0.2, 0) is 19.6 Å².